The topological polar surface area (TPSA) is 61.8 Å². The molecule has 1 aromatic carbocycles. The van der Waals surface area contributed by atoms with E-state index in [1.165, 1.54) is 0 Å². The lowest BCUT2D eigenvalue weighted by atomic mass is 10.2. The molecule has 142 valence electrons. The Labute approximate surface area is 173 Å². The Kier molecular flexibility index (Phi) is 10.5. The average molecular weight is 469 g/mol. The van der Waals surface area contributed by atoms with Crippen molar-refractivity contribution in [1.82, 2.24) is 15.6 Å². The lowest BCUT2D eigenvalue weighted by molar-refractivity contribution is 0.311. The van der Waals surface area contributed by atoms with Crippen LogP contribution in [0.15, 0.2) is 53.7 Å². The minimum Gasteiger partial charge on any atom is -0.494 e. The predicted molar refractivity (Wildman–Crippen MR) is 119 cm³/mol. The van der Waals surface area contributed by atoms with E-state index in [0.29, 0.717) is 13.2 Å². The summed E-state index contributed by atoms with van der Waals surface area (Å²) in [6.45, 7) is 2.13. The van der Waals surface area contributed by atoms with Gasteiger partial charge < -0.3 is 20.3 Å². The number of halogens is 1. The van der Waals surface area contributed by atoms with Crippen LogP contribution >= 0.6 is 24.0 Å². The van der Waals surface area contributed by atoms with Crippen molar-refractivity contribution in [3.8, 4) is 5.75 Å². The van der Waals surface area contributed by atoms with Gasteiger partial charge in [0.15, 0.2) is 5.96 Å². The average Bonchev–Trinajstić information content (AvgIpc) is 2.65. The van der Waals surface area contributed by atoms with E-state index in [1.807, 2.05) is 55.4 Å². The first kappa shape index (κ1) is 22.0. The quantitative estimate of drug-likeness (QED) is 0.270. The fourth-order valence-corrected chi connectivity index (χ4v) is 2.36. The fourth-order valence-electron chi connectivity index (χ4n) is 2.36. The highest BCUT2D eigenvalue weighted by Gasteiger charge is 2.06. The fraction of sp³-hybridized carbons (Fsp3) is 0.368. The maximum Gasteiger partial charge on any atom is 0.191 e. The van der Waals surface area contributed by atoms with E-state index in [2.05, 4.69) is 26.7 Å². The number of benzene rings is 1. The summed E-state index contributed by atoms with van der Waals surface area (Å²) in [5, 5.41) is 6.62. The van der Waals surface area contributed by atoms with Crippen LogP contribution in [0.4, 0.5) is 5.82 Å². The molecular weight excluding hydrogens is 441 g/mol. The van der Waals surface area contributed by atoms with Crippen LogP contribution in [-0.4, -0.2) is 45.2 Å². The maximum absolute atomic E-state index is 5.68. The van der Waals surface area contributed by atoms with Crippen molar-refractivity contribution in [3.05, 3.63) is 54.2 Å². The largest absolute Gasteiger partial charge is 0.494 e. The molecule has 2 aromatic rings. The zero-order valence-corrected chi connectivity index (χ0v) is 17.9. The summed E-state index contributed by atoms with van der Waals surface area (Å²) in [7, 11) is 5.75. The Morgan fingerprint density at radius 1 is 1.12 bits per heavy atom. The second kappa shape index (κ2) is 12.3. The van der Waals surface area contributed by atoms with Crippen molar-refractivity contribution in [2.45, 2.75) is 13.0 Å². The Morgan fingerprint density at radius 2 is 1.88 bits per heavy atom. The van der Waals surface area contributed by atoms with Gasteiger partial charge in [0.25, 0.3) is 0 Å². The molecule has 7 heteroatoms. The van der Waals surface area contributed by atoms with Crippen LogP contribution < -0.4 is 20.3 Å². The van der Waals surface area contributed by atoms with Gasteiger partial charge in [-0.3, -0.25) is 4.99 Å². The molecule has 0 bridgehead atoms. The van der Waals surface area contributed by atoms with Gasteiger partial charge in [0.2, 0.25) is 0 Å². The summed E-state index contributed by atoms with van der Waals surface area (Å²) in [6.07, 6.45) is 2.70. The third kappa shape index (κ3) is 7.47. The van der Waals surface area contributed by atoms with E-state index in [-0.39, 0.29) is 24.0 Å². The molecule has 0 unspecified atom stereocenters. The number of anilines is 1. The molecule has 0 radical (unpaired) electrons. The van der Waals surface area contributed by atoms with E-state index in [4.69, 9.17) is 4.74 Å². The van der Waals surface area contributed by atoms with Crippen molar-refractivity contribution in [2.24, 2.45) is 4.99 Å². The Morgan fingerprint density at radius 3 is 2.58 bits per heavy atom. The van der Waals surface area contributed by atoms with Crippen LogP contribution in [0, 0.1) is 0 Å². The normalized spacial score (nSPS) is 10.7. The SMILES string of the molecule is CN=C(NCCCOc1ccccc1)NCc1cccnc1N(C)C.I. The summed E-state index contributed by atoms with van der Waals surface area (Å²) >= 11 is 0. The highest BCUT2D eigenvalue weighted by molar-refractivity contribution is 14.0. The zero-order valence-electron chi connectivity index (χ0n) is 15.6. The molecule has 0 aliphatic heterocycles. The number of guanidine groups is 1. The molecule has 0 amide bonds. The van der Waals surface area contributed by atoms with Gasteiger partial charge in [0.05, 0.1) is 6.61 Å². The molecule has 1 aromatic heterocycles. The van der Waals surface area contributed by atoms with E-state index >= 15 is 0 Å². The van der Waals surface area contributed by atoms with Crippen LogP contribution in [0.3, 0.4) is 0 Å². The van der Waals surface area contributed by atoms with Crippen molar-refractivity contribution in [3.63, 3.8) is 0 Å². The van der Waals surface area contributed by atoms with E-state index in [1.54, 1.807) is 13.2 Å². The standard InChI is InChI=1S/C19H27N5O.HI/c1-20-19(22-13-8-14-25-17-10-5-4-6-11-17)23-15-16-9-7-12-21-18(16)24(2)3;/h4-7,9-12H,8,13-15H2,1-3H3,(H2,20,22,23);1H. The lowest BCUT2D eigenvalue weighted by Crippen LogP contribution is -2.38. The number of aromatic nitrogens is 1. The van der Waals surface area contributed by atoms with E-state index < -0.39 is 0 Å². The third-order valence-corrected chi connectivity index (χ3v) is 3.59. The third-order valence-electron chi connectivity index (χ3n) is 3.59. The zero-order chi connectivity index (χ0) is 17.9. The molecule has 0 spiro atoms. The summed E-state index contributed by atoms with van der Waals surface area (Å²) in [6, 6.07) is 13.9. The number of ether oxygens (including phenoxy) is 1. The molecule has 1 heterocycles. The van der Waals surface area contributed by atoms with Gasteiger partial charge >= 0.3 is 0 Å². The van der Waals surface area contributed by atoms with Crippen molar-refractivity contribution in [2.75, 3.05) is 39.2 Å². The molecular formula is C19H28IN5O. The Bertz CT molecular complexity index is 664. The first-order valence-corrected chi connectivity index (χ1v) is 8.44. The van der Waals surface area contributed by atoms with Gasteiger partial charge in [-0.05, 0) is 24.6 Å². The van der Waals surface area contributed by atoms with Crippen LogP contribution in [0.1, 0.15) is 12.0 Å². The molecule has 0 saturated heterocycles. The van der Waals surface area contributed by atoms with E-state index in [9.17, 15) is 0 Å². The van der Waals surface area contributed by atoms with Crippen molar-refractivity contribution in [1.29, 1.82) is 0 Å². The van der Waals surface area contributed by atoms with Crippen LogP contribution in [-0.2, 0) is 6.54 Å². The molecule has 0 aliphatic carbocycles. The smallest absolute Gasteiger partial charge is 0.191 e. The Hall–Kier alpha value is -2.03. The number of hydrogen-bond donors (Lipinski definition) is 2. The number of hydrogen-bond acceptors (Lipinski definition) is 4. The molecule has 0 aliphatic rings. The number of nitrogens with one attached hydrogen (secondary N) is 2. The summed E-state index contributed by atoms with van der Waals surface area (Å²) in [4.78, 5) is 10.7. The summed E-state index contributed by atoms with van der Waals surface area (Å²) in [5.41, 5.74) is 1.13. The van der Waals surface area contributed by atoms with Crippen molar-refractivity contribution < 1.29 is 4.74 Å². The monoisotopic (exact) mass is 469 g/mol. The number of nitrogens with zero attached hydrogens (tertiary/aromatic N) is 3. The molecule has 26 heavy (non-hydrogen) atoms. The summed E-state index contributed by atoms with van der Waals surface area (Å²) < 4.78 is 5.68. The minimum absolute atomic E-state index is 0. The van der Waals surface area contributed by atoms with Gasteiger partial charge in [-0.1, -0.05) is 24.3 Å². The van der Waals surface area contributed by atoms with Crippen LogP contribution in [0.5, 0.6) is 5.75 Å². The van der Waals surface area contributed by atoms with Crippen molar-refractivity contribution >= 4 is 35.8 Å². The van der Waals surface area contributed by atoms with Crippen LogP contribution in [0.2, 0.25) is 0 Å². The minimum atomic E-state index is 0. The van der Waals surface area contributed by atoms with E-state index in [0.717, 1.165) is 36.1 Å². The van der Waals surface area contributed by atoms with Gasteiger partial charge in [-0.25, -0.2) is 4.98 Å². The molecule has 2 rings (SSSR count). The number of aliphatic imine (C=N–C) groups is 1. The first-order valence-electron chi connectivity index (χ1n) is 8.44. The van der Waals surface area contributed by atoms with Gasteiger partial charge in [0, 0.05) is 46.0 Å². The van der Waals surface area contributed by atoms with Gasteiger partial charge in [-0.2, -0.15) is 0 Å². The molecule has 0 atom stereocenters. The lowest BCUT2D eigenvalue weighted by Gasteiger charge is -2.17. The molecule has 0 saturated carbocycles. The maximum atomic E-state index is 5.68. The molecule has 6 nitrogen and oxygen atoms in total. The van der Waals surface area contributed by atoms with Gasteiger partial charge in [0.1, 0.15) is 11.6 Å². The summed E-state index contributed by atoms with van der Waals surface area (Å²) in [5.74, 6) is 2.63. The first-order chi connectivity index (χ1) is 12.2. The highest BCUT2D eigenvalue weighted by atomic mass is 127. The second-order valence-electron chi connectivity index (χ2n) is 5.75. The number of pyridine rings is 1. The Balaban J connectivity index is 0.00000338. The molecule has 0 fully saturated rings. The van der Waals surface area contributed by atoms with Crippen LogP contribution in [0.25, 0.3) is 0 Å². The predicted octanol–water partition coefficient (Wildman–Crippen LogP) is 2.90. The molecule has 2 N–H and O–H groups in total. The number of rotatable bonds is 8. The highest BCUT2D eigenvalue weighted by Crippen LogP contribution is 2.13. The second-order valence-corrected chi connectivity index (χ2v) is 5.75. The number of para-hydroxylation sites is 1. The van der Waals surface area contributed by atoms with Gasteiger partial charge in [-0.15, -0.1) is 24.0 Å².